The summed E-state index contributed by atoms with van der Waals surface area (Å²) in [5, 5.41) is 0. The fraction of sp³-hybridized carbons (Fsp3) is 0.500. The monoisotopic (exact) mass is 165 g/mol. The summed E-state index contributed by atoms with van der Waals surface area (Å²) in [7, 11) is 0. The Morgan fingerprint density at radius 2 is 0.600 bits per heavy atom. The summed E-state index contributed by atoms with van der Waals surface area (Å²) in [5.74, 6) is 0. The van der Waals surface area contributed by atoms with Crippen molar-refractivity contribution in [3.8, 4) is 0 Å². The van der Waals surface area contributed by atoms with Crippen LogP contribution in [0.25, 0.3) is 0 Å². The van der Waals surface area contributed by atoms with E-state index in [1.165, 1.54) is 0 Å². The Balaban J connectivity index is 0. The minimum absolute atomic E-state index is 0. The van der Waals surface area contributed by atoms with Gasteiger partial charge < -0.3 is 14.9 Å². The van der Waals surface area contributed by atoms with Crippen molar-refractivity contribution in [2.45, 2.75) is 14.9 Å². The Hall–Kier alpha value is 0.623. The van der Waals surface area contributed by atoms with Crippen molar-refractivity contribution in [3.05, 3.63) is 14.9 Å². The molecule has 0 aliphatic heterocycles. The third-order valence-corrected chi connectivity index (χ3v) is 0. The van der Waals surface area contributed by atoms with Crippen molar-refractivity contribution in [1.29, 1.82) is 0 Å². The van der Waals surface area contributed by atoms with Crippen LogP contribution in [0.15, 0.2) is 0 Å². The van der Waals surface area contributed by atoms with Gasteiger partial charge in [0.2, 0.25) is 0 Å². The van der Waals surface area contributed by atoms with Crippen LogP contribution in [0.3, 0.4) is 0 Å². The van der Waals surface area contributed by atoms with Gasteiger partial charge in [0.05, 0.1) is 0 Å². The second kappa shape index (κ2) is 156. The van der Waals surface area contributed by atoms with E-state index < -0.39 is 0 Å². The molecule has 1 heteroatoms. The second-order valence-electron chi connectivity index (χ2n) is 0. The Kier molecular flexibility index (Phi) is 9660. The van der Waals surface area contributed by atoms with E-state index in [1.807, 2.05) is 0 Å². The predicted octanol–water partition coefficient (Wildman–Crippen LogP) is 2.17. The molecule has 1 radical (unpaired) electrons. The first-order valence-electron chi connectivity index (χ1n) is 0. The minimum atomic E-state index is 0. The molecule has 0 nitrogen and oxygen atoms in total. The number of hydrogen-bond acceptors (Lipinski definition) is 0. The summed E-state index contributed by atoms with van der Waals surface area (Å²) in [6.07, 6.45) is 0. The van der Waals surface area contributed by atoms with E-state index in [0.717, 1.165) is 0 Å². The van der Waals surface area contributed by atoms with E-state index in [2.05, 4.69) is 0 Å². The molecule has 0 aromatic heterocycles. The van der Waals surface area contributed by atoms with Gasteiger partial charge in [-0.25, -0.2) is 0 Å². The molecule has 0 unspecified atom stereocenters. The van der Waals surface area contributed by atoms with Crippen LogP contribution in [0.2, 0.25) is 0 Å². The molecule has 0 bridgehead atoms. The summed E-state index contributed by atoms with van der Waals surface area (Å²) >= 11 is 0. The summed E-state index contributed by atoms with van der Waals surface area (Å²) in [5.41, 5.74) is 0. The first kappa shape index (κ1) is 309. The van der Waals surface area contributed by atoms with Crippen LogP contribution in [-0.4, -0.2) is 0 Å². The molecular weight excluding hydrogens is 151 g/mol. The smallest absolute Gasteiger partial charge is 0.358 e. The molecule has 0 aliphatic carbocycles. The molecule has 0 atom stereocenters. The van der Waals surface area contributed by atoms with E-state index in [0.29, 0.717) is 0 Å². The van der Waals surface area contributed by atoms with Crippen LogP contribution in [0, 0.1) is 14.9 Å². The molecule has 0 aromatic rings. The maximum Gasteiger partial charge on any atom is 2.00 e. The molecule has 39 valence electrons. The summed E-state index contributed by atoms with van der Waals surface area (Å²) in [6, 6.07) is 0. The topological polar surface area (TPSA) is 0 Å². The maximum absolute atomic E-state index is 0. The van der Waals surface area contributed by atoms with E-state index >= 15 is 0 Å². The van der Waals surface area contributed by atoms with Gasteiger partial charge in [-0.15, -0.1) is 0 Å². The van der Waals surface area contributed by atoms with Gasteiger partial charge in [0.1, 0.15) is 0 Å². The molecule has 0 amide bonds. The van der Waals surface area contributed by atoms with Gasteiger partial charge >= 0.3 is 19.5 Å². The van der Waals surface area contributed by atoms with Gasteiger partial charge in [-0.05, 0) is 0 Å². The molecule has 0 rings (SSSR count). The molecule has 0 aliphatic rings. The molecule has 0 fully saturated rings. The van der Waals surface area contributed by atoms with Crippen molar-refractivity contribution in [3.63, 3.8) is 0 Å². The van der Waals surface area contributed by atoms with Crippen molar-refractivity contribution in [1.82, 2.24) is 0 Å². The van der Waals surface area contributed by atoms with E-state index in [9.17, 15) is 0 Å². The summed E-state index contributed by atoms with van der Waals surface area (Å²) in [6.45, 7) is 0. The fourth-order valence-corrected chi connectivity index (χ4v) is 0. The molecule has 0 aromatic carbocycles. The third-order valence-electron chi connectivity index (χ3n) is 0. The van der Waals surface area contributed by atoms with Crippen molar-refractivity contribution >= 4 is 0 Å². The van der Waals surface area contributed by atoms with Crippen molar-refractivity contribution in [2.75, 3.05) is 0 Å². The average molecular weight is 165 g/mol. The van der Waals surface area contributed by atoms with Gasteiger partial charge in [0, 0.05) is 0 Å². The summed E-state index contributed by atoms with van der Waals surface area (Å²) in [4.78, 5) is 0. The van der Waals surface area contributed by atoms with E-state index in [1.54, 1.807) is 0 Å². The molecule has 0 saturated heterocycles. The van der Waals surface area contributed by atoms with Gasteiger partial charge in [-0.1, -0.05) is 14.9 Å². The van der Waals surface area contributed by atoms with Gasteiger partial charge in [-0.3, -0.25) is 0 Å². The average Bonchev–Trinajstić information content (AvgIpc) is 0. The summed E-state index contributed by atoms with van der Waals surface area (Å²) < 4.78 is 0. The Morgan fingerprint density at radius 1 is 0.600 bits per heavy atom. The molecule has 0 heterocycles. The zero-order valence-electron chi connectivity index (χ0n) is 2.33. The zero-order chi connectivity index (χ0) is 0. The van der Waals surface area contributed by atoms with Crippen LogP contribution in [0.4, 0.5) is 0 Å². The van der Waals surface area contributed by atoms with Gasteiger partial charge in [0.15, 0.2) is 0 Å². The Morgan fingerprint density at radius 3 is 0.600 bits per heavy atom. The molecular formula is C4H14Rh. The fourth-order valence-electron chi connectivity index (χ4n) is 0. The number of rotatable bonds is 0. The third kappa shape index (κ3) is 81.9. The second-order valence-corrected chi connectivity index (χ2v) is 0. The van der Waals surface area contributed by atoms with Crippen molar-refractivity contribution < 1.29 is 19.5 Å². The van der Waals surface area contributed by atoms with Crippen LogP contribution in [0.1, 0.15) is 14.9 Å². The first-order chi connectivity index (χ1) is 0. The van der Waals surface area contributed by atoms with E-state index in [-0.39, 0.29) is 49.2 Å². The first-order valence-corrected chi connectivity index (χ1v) is 0. The van der Waals surface area contributed by atoms with Crippen LogP contribution in [-0.2, 0) is 19.5 Å². The van der Waals surface area contributed by atoms with Crippen LogP contribution < -0.4 is 0 Å². The maximum atomic E-state index is 0. The Labute approximate surface area is 49.7 Å². The van der Waals surface area contributed by atoms with Crippen LogP contribution in [0.5, 0.6) is 0 Å². The molecule has 0 N–H and O–H groups in total. The van der Waals surface area contributed by atoms with Crippen molar-refractivity contribution in [2.24, 2.45) is 0 Å². The standard InChI is InChI=1S/2CH4.2CH3.Rh/h2*1H4;2*1H3;/q;;2*-1;+2. The Bertz CT molecular complexity index is 3.61. The van der Waals surface area contributed by atoms with Gasteiger partial charge in [-0.2, -0.15) is 0 Å². The van der Waals surface area contributed by atoms with E-state index in [4.69, 9.17) is 0 Å². The SMILES string of the molecule is C.C.[CH3-].[CH3-].[Rh+2]. The quantitative estimate of drug-likeness (QED) is 0.381. The molecule has 0 spiro atoms. The van der Waals surface area contributed by atoms with Crippen LogP contribution >= 0.6 is 0 Å². The normalized spacial score (nSPS) is 0. The molecule has 0 saturated carbocycles. The zero-order valence-corrected chi connectivity index (χ0v) is 3.97. The number of hydrogen-bond donors (Lipinski definition) is 0. The predicted molar refractivity (Wildman–Crippen MR) is 26.3 cm³/mol. The minimum Gasteiger partial charge on any atom is -0.358 e. The van der Waals surface area contributed by atoms with Gasteiger partial charge in [0.25, 0.3) is 0 Å². The largest absolute Gasteiger partial charge is 2.00 e. The molecule has 5 heavy (non-hydrogen) atoms.